The van der Waals surface area contributed by atoms with Gasteiger partial charge in [0.15, 0.2) is 0 Å². The third-order valence-electron chi connectivity index (χ3n) is 2.53. The van der Waals surface area contributed by atoms with Crippen LogP contribution in [-0.2, 0) is 6.61 Å². The number of phenols is 1. The SMILES string of the molecule is OB(O)c1cc(F)cc(OCc2ccc(O)cc2)c1. The molecule has 0 fully saturated rings. The Bertz CT molecular complexity index is 557. The summed E-state index contributed by atoms with van der Waals surface area (Å²) in [5.74, 6) is -0.248. The van der Waals surface area contributed by atoms with E-state index in [1.54, 1.807) is 12.1 Å². The molecule has 0 atom stereocenters. The molecule has 3 N–H and O–H groups in total. The summed E-state index contributed by atoms with van der Waals surface area (Å²) in [5, 5.41) is 27.1. The molecule has 19 heavy (non-hydrogen) atoms. The van der Waals surface area contributed by atoms with Gasteiger partial charge in [0.05, 0.1) is 0 Å². The highest BCUT2D eigenvalue weighted by Crippen LogP contribution is 2.15. The van der Waals surface area contributed by atoms with Crippen molar-refractivity contribution in [1.82, 2.24) is 0 Å². The predicted molar refractivity (Wildman–Crippen MR) is 68.7 cm³/mol. The van der Waals surface area contributed by atoms with Crippen LogP contribution in [-0.4, -0.2) is 22.3 Å². The van der Waals surface area contributed by atoms with Crippen LogP contribution >= 0.6 is 0 Å². The Balaban J connectivity index is 2.08. The van der Waals surface area contributed by atoms with Crippen molar-refractivity contribution in [3.8, 4) is 11.5 Å². The summed E-state index contributed by atoms with van der Waals surface area (Å²) in [6.45, 7) is 0.185. The third kappa shape index (κ3) is 3.71. The predicted octanol–water partition coefficient (Wildman–Crippen LogP) is 0.790. The summed E-state index contributed by atoms with van der Waals surface area (Å²) in [6, 6.07) is 9.94. The number of hydrogen-bond acceptors (Lipinski definition) is 4. The third-order valence-corrected chi connectivity index (χ3v) is 2.53. The first-order valence-electron chi connectivity index (χ1n) is 5.62. The Morgan fingerprint density at radius 3 is 2.37 bits per heavy atom. The maximum atomic E-state index is 13.2. The van der Waals surface area contributed by atoms with Crippen molar-refractivity contribution in [2.75, 3.05) is 0 Å². The van der Waals surface area contributed by atoms with Crippen molar-refractivity contribution in [3.63, 3.8) is 0 Å². The lowest BCUT2D eigenvalue weighted by atomic mass is 9.80. The molecule has 0 aromatic heterocycles. The molecule has 2 rings (SSSR count). The van der Waals surface area contributed by atoms with Crippen molar-refractivity contribution in [1.29, 1.82) is 0 Å². The highest BCUT2D eigenvalue weighted by atomic mass is 19.1. The molecular weight excluding hydrogens is 250 g/mol. The van der Waals surface area contributed by atoms with Crippen LogP contribution in [0.25, 0.3) is 0 Å². The average Bonchev–Trinajstić information content (AvgIpc) is 2.37. The minimum atomic E-state index is -1.74. The minimum Gasteiger partial charge on any atom is -0.508 e. The second-order valence-corrected chi connectivity index (χ2v) is 4.05. The molecule has 0 aliphatic carbocycles. The lowest BCUT2D eigenvalue weighted by Gasteiger charge is -2.08. The Kier molecular flexibility index (Phi) is 4.04. The molecule has 0 amide bonds. The summed E-state index contributed by atoms with van der Waals surface area (Å²) in [4.78, 5) is 0. The molecule has 4 nitrogen and oxygen atoms in total. The summed E-state index contributed by atoms with van der Waals surface area (Å²) in [7, 11) is -1.74. The molecule has 0 saturated heterocycles. The van der Waals surface area contributed by atoms with Gasteiger partial charge in [0.2, 0.25) is 0 Å². The largest absolute Gasteiger partial charge is 0.508 e. The highest BCUT2D eigenvalue weighted by Gasteiger charge is 2.13. The van der Waals surface area contributed by atoms with E-state index >= 15 is 0 Å². The first kappa shape index (κ1) is 13.4. The molecule has 0 unspecified atom stereocenters. The zero-order valence-corrected chi connectivity index (χ0v) is 9.95. The summed E-state index contributed by atoms with van der Waals surface area (Å²) in [5.41, 5.74) is 0.828. The summed E-state index contributed by atoms with van der Waals surface area (Å²) < 4.78 is 18.6. The van der Waals surface area contributed by atoms with E-state index in [1.807, 2.05) is 0 Å². The van der Waals surface area contributed by atoms with Gasteiger partial charge in [-0.1, -0.05) is 12.1 Å². The van der Waals surface area contributed by atoms with Crippen LogP contribution in [0.15, 0.2) is 42.5 Å². The van der Waals surface area contributed by atoms with E-state index < -0.39 is 12.9 Å². The minimum absolute atomic E-state index is 0.0284. The topological polar surface area (TPSA) is 69.9 Å². The molecule has 0 aliphatic heterocycles. The summed E-state index contributed by atoms with van der Waals surface area (Å²) >= 11 is 0. The van der Waals surface area contributed by atoms with E-state index in [4.69, 9.17) is 19.9 Å². The van der Waals surface area contributed by atoms with Gasteiger partial charge in [0.1, 0.15) is 23.9 Å². The number of benzene rings is 2. The van der Waals surface area contributed by atoms with Gasteiger partial charge in [0, 0.05) is 6.07 Å². The van der Waals surface area contributed by atoms with Crippen LogP contribution in [0, 0.1) is 5.82 Å². The van der Waals surface area contributed by atoms with Crippen molar-refractivity contribution < 1.29 is 24.3 Å². The fourth-order valence-corrected chi connectivity index (χ4v) is 1.58. The maximum Gasteiger partial charge on any atom is 0.488 e. The van der Waals surface area contributed by atoms with Crippen LogP contribution in [0.5, 0.6) is 11.5 Å². The standard InChI is InChI=1S/C13H12BFO4/c15-11-5-10(14(17)18)6-13(7-11)19-8-9-1-3-12(16)4-2-9/h1-7,16-18H,8H2. The van der Waals surface area contributed by atoms with E-state index in [1.165, 1.54) is 18.2 Å². The lowest BCUT2D eigenvalue weighted by molar-refractivity contribution is 0.304. The molecule has 0 saturated carbocycles. The first-order valence-corrected chi connectivity index (χ1v) is 5.62. The molecule has 0 aliphatic rings. The van der Waals surface area contributed by atoms with Gasteiger partial charge < -0.3 is 19.9 Å². The molecule has 2 aromatic rings. The number of ether oxygens (including phenoxy) is 1. The van der Waals surface area contributed by atoms with Crippen molar-refractivity contribution in [2.24, 2.45) is 0 Å². The zero-order valence-electron chi connectivity index (χ0n) is 9.95. The Hall–Kier alpha value is -2.05. The van der Waals surface area contributed by atoms with Crippen LogP contribution in [0.2, 0.25) is 0 Å². The number of phenolic OH excluding ortho intramolecular Hbond substituents is 1. The lowest BCUT2D eigenvalue weighted by Crippen LogP contribution is -2.30. The quantitative estimate of drug-likeness (QED) is 0.712. The molecule has 0 bridgehead atoms. The second-order valence-electron chi connectivity index (χ2n) is 4.05. The monoisotopic (exact) mass is 262 g/mol. The smallest absolute Gasteiger partial charge is 0.488 e. The molecule has 6 heteroatoms. The van der Waals surface area contributed by atoms with Crippen LogP contribution in [0.3, 0.4) is 0 Å². The molecule has 2 aromatic carbocycles. The fourth-order valence-electron chi connectivity index (χ4n) is 1.58. The normalized spacial score (nSPS) is 10.3. The van der Waals surface area contributed by atoms with Crippen LogP contribution in [0.4, 0.5) is 4.39 Å². The van der Waals surface area contributed by atoms with Gasteiger partial charge in [-0.15, -0.1) is 0 Å². The van der Waals surface area contributed by atoms with E-state index in [9.17, 15) is 4.39 Å². The molecule has 0 radical (unpaired) electrons. The fraction of sp³-hybridized carbons (Fsp3) is 0.0769. The number of aromatic hydroxyl groups is 1. The van der Waals surface area contributed by atoms with Gasteiger partial charge in [-0.05, 0) is 35.3 Å². The van der Waals surface area contributed by atoms with E-state index in [0.717, 1.165) is 17.7 Å². The molecule has 98 valence electrons. The van der Waals surface area contributed by atoms with Gasteiger partial charge in [-0.3, -0.25) is 0 Å². The van der Waals surface area contributed by atoms with Crippen molar-refractivity contribution in [3.05, 3.63) is 53.8 Å². The van der Waals surface area contributed by atoms with Crippen LogP contribution in [0.1, 0.15) is 5.56 Å². The average molecular weight is 262 g/mol. The van der Waals surface area contributed by atoms with Gasteiger partial charge in [0.25, 0.3) is 0 Å². The van der Waals surface area contributed by atoms with Gasteiger partial charge >= 0.3 is 7.12 Å². The summed E-state index contributed by atoms with van der Waals surface area (Å²) in [6.07, 6.45) is 0. The zero-order chi connectivity index (χ0) is 13.8. The number of hydrogen-bond donors (Lipinski definition) is 3. The van der Waals surface area contributed by atoms with Crippen LogP contribution < -0.4 is 10.2 Å². The van der Waals surface area contributed by atoms with E-state index in [0.29, 0.717) is 0 Å². The van der Waals surface area contributed by atoms with E-state index in [-0.39, 0.29) is 23.6 Å². The number of halogens is 1. The highest BCUT2D eigenvalue weighted by molar-refractivity contribution is 6.58. The molecular formula is C13H12BFO4. The Labute approximate surface area is 109 Å². The molecule has 0 spiro atoms. The number of rotatable bonds is 4. The van der Waals surface area contributed by atoms with E-state index in [2.05, 4.69) is 0 Å². The molecule has 0 heterocycles. The van der Waals surface area contributed by atoms with Gasteiger partial charge in [-0.2, -0.15) is 0 Å². The van der Waals surface area contributed by atoms with Crippen molar-refractivity contribution in [2.45, 2.75) is 6.61 Å². The second kappa shape index (κ2) is 5.73. The maximum absolute atomic E-state index is 13.2. The Morgan fingerprint density at radius 2 is 1.74 bits per heavy atom. The van der Waals surface area contributed by atoms with Crippen molar-refractivity contribution >= 4 is 12.6 Å². The van der Waals surface area contributed by atoms with Gasteiger partial charge in [-0.25, -0.2) is 4.39 Å². The Morgan fingerprint density at radius 1 is 1.05 bits per heavy atom. The first-order chi connectivity index (χ1) is 9.04.